The van der Waals surface area contributed by atoms with E-state index in [2.05, 4.69) is 5.32 Å². The van der Waals surface area contributed by atoms with Gasteiger partial charge < -0.3 is 15.5 Å². The molecule has 3 atom stereocenters. The predicted octanol–water partition coefficient (Wildman–Crippen LogP) is 2.15. The molecule has 0 radical (unpaired) electrons. The lowest BCUT2D eigenvalue weighted by atomic mass is 10.1. The number of carbonyl (C=O) groups excluding carboxylic acids is 1. The number of benzene rings is 2. The van der Waals surface area contributed by atoms with Gasteiger partial charge in [-0.25, -0.2) is 0 Å². The average molecular weight is 318 g/mol. The summed E-state index contributed by atoms with van der Waals surface area (Å²) in [7, 11) is 0. The first-order chi connectivity index (χ1) is 10.6. The monoisotopic (exact) mass is 317 g/mol. The van der Waals surface area contributed by atoms with E-state index in [4.69, 9.17) is 11.6 Å². The number of rotatable bonds is 3. The number of halogens is 1. The Morgan fingerprint density at radius 2 is 1.86 bits per heavy atom. The molecule has 3 N–H and O–H groups in total. The summed E-state index contributed by atoms with van der Waals surface area (Å²) < 4.78 is 0. The number of aliphatic hydroxyl groups is 2. The summed E-state index contributed by atoms with van der Waals surface area (Å²) in [4.78, 5) is 12.2. The van der Waals surface area contributed by atoms with Gasteiger partial charge in [-0.2, -0.15) is 0 Å². The summed E-state index contributed by atoms with van der Waals surface area (Å²) in [6.07, 6.45) is -1.58. The molecule has 0 aromatic heterocycles. The largest absolute Gasteiger partial charge is 0.386 e. The van der Waals surface area contributed by atoms with Crippen molar-refractivity contribution in [1.29, 1.82) is 0 Å². The average Bonchev–Trinajstić information content (AvgIpc) is 2.84. The molecule has 0 saturated heterocycles. The molecule has 0 saturated carbocycles. The number of hydrogen-bond donors (Lipinski definition) is 3. The molecule has 1 aliphatic carbocycles. The molecule has 0 aliphatic heterocycles. The normalized spacial score (nSPS) is 21.2. The molecule has 0 fully saturated rings. The van der Waals surface area contributed by atoms with Gasteiger partial charge in [0.15, 0.2) is 6.10 Å². The minimum absolute atomic E-state index is 0.334. The summed E-state index contributed by atoms with van der Waals surface area (Å²) in [5, 5.41) is 23.5. The Hall–Kier alpha value is -1.88. The zero-order valence-corrected chi connectivity index (χ0v) is 12.5. The first-order valence-corrected chi connectivity index (χ1v) is 7.44. The van der Waals surface area contributed by atoms with E-state index in [1.54, 1.807) is 24.3 Å². The van der Waals surface area contributed by atoms with Crippen molar-refractivity contribution in [2.45, 2.75) is 24.7 Å². The number of aliphatic hydroxyl groups excluding tert-OH is 2. The molecule has 0 unspecified atom stereocenters. The van der Waals surface area contributed by atoms with Crippen LogP contribution in [-0.4, -0.2) is 22.2 Å². The zero-order chi connectivity index (χ0) is 15.7. The summed E-state index contributed by atoms with van der Waals surface area (Å²) in [5.74, 6) is -0.565. The molecule has 0 bridgehead atoms. The smallest absolute Gasteiger partial charge is 0.253 e. The predicted molar refractivity (Wildman–Crippen MR) is 83.4 cm³/mol. The lowest BCUT2D eigenvalue weighted by Crippen LogP contribution is -2.40. The van der Waals surface area contributed by atoms with Gasteiger partial charge in [-0.05, 0) is 23.6 Å². The molecule has 22 heavy (non-hydrogen) atoms. The first-order valence-electron chi connectivity index (χ1n) is 7.06. The van der Waals surface area contributed by atoms with Gasteiger partial charge in [0, 0.05) is 10.6 Å². The van der Waals surface area contributed by atoms with Crippen molar-refractivity contribution in [2.75, 3.05) is 0 Å². The van der Waals surface area contributed by atoms with Gasteiger partial charge in [-0.1, -0.05) is 54.1 Å². The Labute approximate surface area is 133 Å². The number of carbonyl (C=O) groups is 1. The van der Waals surface area contributed by atoms with Gasteiger partial charge in [0.2, 0.25) is 0 Å². The van der Waals surface area contributed by atoms with Gasteiger partial charge >= 0.3 is 0 Å². The molecule has 2 aromatic rings. The number of fused-ring (bicyclic) bond motifs is 1. The van der Waals surface area contributed by atoms with Crippen LogP contribution in [-0.2, 0) is 11.2 Å². The second-order valence-electron chi connectivity index (χ2n) is 5.39. The molecule has 4 nitrogen and oxygen atoms in total. The first kappa shape index (κ1) is 15.0. The second kappa shape index (κ2) is 6.08. The third-order valence-corrected chi connectivity index (χ3v) is 4.31. The molecule has 114 valence electrons. The summed E-state index contributed by atoms with van der Waals surface area (Å²) in [5.41, 5.74) is 2.18. The van der Waals surface area contributed by atoms with Crippen LogP contribution in [0.2, 0.25) is 5.02 Å². The van der Waals surface area contributed by atoms with Crippen molar-refractivity contribution in [3.63, 3.8) is 0 Å². The van der Waals surface area contributed by atoms with Crippen LogP contribution in [0.25, 0.3) is 0 Å². The maximum absolute atomic E-state index is 12.2. The molecular formula is C17H16ClNO3. The van der Waals surface area contributed by atoms with Gasteiger partial charge in [0.25, 0.3) is 5.91 Å². The standard InChI is InChI=1S/C17H16ClNO3/c18-13-8-4-3-7-12(13)16(21)17(22)19-14-9-10-5-1-2-6-11(10)15(14)20/h1-8,14-16,20-21H,9H2,(H,19,22)/t14-,15+,16-/m1/s1. The van der Waals surface area contributed by atoms with Gasteiger partial charge in [0.1, 0.15) is 0 Å². The zero-order valence-electron chi connectivity index (χ0n) is 11.7. The van der Waals surface area contributed by atoms with Crippen molar-refractivity contribution >= 4 is 17.5 Å². The van der Waals surface area contributed by atoms with Crippen molar-refractivity contribution in [3.8, 4) is 0 Å². The molecule has 0 spiro atoms. The van der Waals surface area contributed by atoms with Crippen molar-refractivity contribution in [2.24, 2.45) is 0 Å². The topological polar surface area (TPSA) is 69.6 Å². The van der Waals surface area contributed by atoms with E-state index >= 15 is 0 Å². The van der Waals surface area contributed by atoms with Gasteiger partial charge in [0.05, 0.1) is 12.1 Å². The molecule has 5 heteroatoms. The molecule has 1 aliphatic rings. The van der Waals surface area contributed by atoms with Gasteiger partial charge in [-0.15, -0.1) is 0 Å². The van der Waals surface area contributed by atoms with Crippen LogP contribution in [0.3, 0.4) is 0 Å². The Morgan fingerprint density at radius 1 is 1.18 bits per heavy atom. The highest BCUT2D eigenvalue weighted by atomic mass is 35.5. The van der Waals surface area contributed by atoms with E-state index in [9.17, 15) is 15.0 Å². The van der Waals surface area contributed by atoms with E-state index in [0.717, 1.165) is 11.1 Å². The fraction of sp³-hybridized carbons (Fsp3) is 0.235. The van der Waals surface area contributed by atoms with Crippen LogP contribution in [0.5, 0.6) is 0 Å². The van der Waals surface area contributed by atoms with E-state index in [0.29, 0.717) is 17.0 Å². The fourth-order valence-electron chi connectivity index (χ4n) is 2.80. The van der Waals surface area contributed by atoms with Crippen LogP contribution in [0.1, 0.15) is 28.9 Å². The Balaban J connectivity index is 1.72. The Kier molecular flexibility index (Phi) is 4.16. The molecule has 2 aromatic carbocycles. The van der Waals surface area contributed by atoms with Crippen molar-refractivity contribution < 1.29 is 15.0 Å². The molecule has 1 amide bonds. The van der Waals surface area contributed by atoms with Crippen molar-refractivity contribution in [3.05, 3.63) is 70.2 Å². The van der Waals surface area contributed by atoms with Gasteiger partial charge in [-0.3, -0.25) is 4.79 Å². The number of amides is 1. The summed E-state index contributed by atoms with van der Waals surface area (Å²) in [6.45, 7) is 0. The van der Waals surface area contributed by atoms with E-state index in [1.165, 1.54) is 0 Å². The minimum atomic E-state index is -1.36. The fourth-order valence-corrected chi connectivity index (χ4v) is 3.04. The van der Waals surface area contributed by atoms with Crippen LogP contribution in [0.4, 0.5) is 0 Å². The second-order valence-corrected chi connectivity index (χ2v) is 5.79. The third-order valence-electron chi connectivity index (χ3n) is 3.97. The van der Waals surface area contributed by atoms with Crippen LogP contribution >= 0.6 is 11.6 Å². The van der Waals surface area contributed by atoms with Crippen LogP contribution in [0, 0.1) is 0 Å². The lowest BCUT2D eigenvalue weighted by Gasteiger charge is -2.20. The van der Waals surface area contributed by atoms with E-state index in [1.807, 2.05) is 24.3 Å². The van der Waals surface area contributed by atoms with Crippen molar-refractivity contribution in [1.82, 2.24) is 5.32 Å². The molecule has 0 heterocycles. The highest BCUT2D eigenvalue weighted by Crippen LogP contribution is 2.31. The Bertz CT molecular complexity index is 704. The quantitative estimate of drug-likeness (QED) is 0.812. The SMILES string of the molecule is O=C(N[C@@H]1Cc2ccccc2[C@@H]1O)[C@H](O)c1ccccc1Cl. The lowest BCUT2D eigenvalue weighted by molar-refractivity contribution is -0.131. The molecular weight excluding hydrogens is 302 g/mol. The van der Waals surface area contributed by atoms with Crippen LogP contribution < -0.4 is 5.32 Å². The highest BCUT2D eigenvalue weighted by Gasteiger charge is 2.33. The number of nitrogens with one attached hydrogen (secondary N) is 1. The highest BCUT2D eigenvalue weighted by molar-refractivity contribution is 6.31. The maximum atomic E-state index is 12.2. The van der Waals surface area contributed by atoms with E-state index in [-0.39, 0.29) is 0 Å². The maximum Gasteiger partial charge on any atom is 0.253 e. The Morgan fingerprint density at radius 3 is 2.59 bits per heavy atom. The number of hydrogen-bond acceptors (Lipinski definition) is 3. The minimum Gasteiger partial charge on any atom is -0.386 e. The summed E-state index contributed by atoms with van der Waals surface area (Å²) in [6, 6.07) is 13.7. The van der Waals surface area contributed by atoms with E-state index < -0.39 is 24.2 Å². The summed E-state index contributed by atoms with van der Waals surface area (Å²) >= 11 is 5.99. The third kappa shape index (κ3) is 2.73. The van der Waals surface area contributed by atoms with Crippen LogP contribution in [0.15, 0.2) is 48.5 Å². The molecule has 3 rings (SSSR count).